The van der Waals surface area contributed by atoms with Crippen molar-refractivity contribution in [1.29, 1.82) is 0 Å². The number of carbonyl (C=O) groups excluding carboxylic acids is 1. The molecule has 0 unspecified atom stereocenters. The molecule has 2 rings (SSSR count). The lowest BCUT2D eigenvalue weighted by Crippen LogP contribution is -2.35. The van der Waals surface area contributed by atoms with E-state index in [9.17, 15) is 13.2 Å². The molecule has 0 aliphatic carbocycles. The Bertz CT molecular complexity index is 893. The number of hydrogen-bond donors (Lipinski definition) is 1. The van der Waals surface area contributed by atoms with Crippen LogP contribution in [0.3, 0.4) is 0 Å². The summed E-state index contributed by atoms with van der Waals surface area (Å²) in [5.41, 5.74) is 1.33. The van der Waals surface area contributed by atoms with Gasteiger partial charge in [0.1, 0.15) is 0 Å². The van der Waals surface area contributed by atoms with Gasteiger partial charge in [-0.2, -0.15) is 4.31 Å². The van der Waals surface area contributed by atoms with E-state index in [0.717, 1.165) is 16.3 Å². The van der Waals surface area contributed by atoms with Crippen LogP contribution in [-0.2, 0) is 21.2 Å². The second kappa shape index (κ2) is 9.06. The van der Waals surface area contributed by atoms with Gasteiger partial charge in [0.05, 0.1) is 27.2 Å². The zero-order chi connectivity index (χ0) is 20.2. The highest BCUT2D eigenvalue weighted by molar-refractivity contribution is 7.89. The monoisotopic (exact) mass is 428 g/mol. The number of nitrogens with zero attached hydrogens (tertiary/aromatic N) is 1. The molecule has 0 aromatic heterocycles. The second-order valence-electron chi connectivity index (χ2n) is 6.65. The van der Waals surface area contributed by atoms with E-state index < -0.39 is 15.9 Å². The van der Waals surface area contributed by atoms with Crippen LogP contribution < -0.4 is 5.32 Å². The Morgan fingerprint density at radius 1 is 1.07 bits per heavy atom. The van der Waals surface area contributed by atoms with Crippen LogP contribution in [0.4, 0.5) is 5.69 Å². The first-order valence-electron chi connectivity index (χ1n) is 8.40. The first-order valence-corrected chi connectivity index (χ1v) is 10.6. The van der Waals surface area contributed by atoms with Gasteiger partial charge in [0.2, 0.25) is 15.9 Å². The van der Waals surface area contributed by atoms with Gasteiger partial charge in [-0.1, -0.05) is 55.2 Å². The summed E-state index contributed by atoms with van der Waals surface area (Å²) >= 11 is 12.0. The Labute approximate surface area is 170 Å². The number of hydrogen-bond acceptors (Lipinski definition) is 3. The van der Waals surface area contributed by atoms with Crippen molar-refractivity contribution < 1.29 is 13.2 Å². The number of anilines is 1. The molecule has 0 radical (unpaired) electrons. The third-order valence-electron chi connectivity index (χ3n) is 3.87. The van der Waals surface area contributed by atoms with Crippen LogP contribution in [0.15, 0.2) is 47.4 Å². The zero-order valence-electron chi connectivity index (χ0n) is 15.4. The third kappa shape index (κ3) is 5.69. The highest BCUT2D eigenvalue weighted by atomic mass is 35.5. The number of benzene rings is 2. The molecule has 1 amide bonds. The maximum absolute atomic E-state index is 12.7. The molecule has 8 heteroatoms. The van der Waals surface area contributed by atoms with Crippen molar-refractivity contribution in [2.24, 2.45) is 5.92 Å². The molecule has 1 N–H and O–H groups in total. The summed E-state index contributed by atoms with van der Waals surface area (Å²) in [7, 11) is -2.43. The number of halogens is 2. The van der Waals surface area contributed by atoms with Crippen molar-refractivity contribution in [3.63, 3.8) is 0 Å². The number of para-hydroxylation sites is 1. The molecule has 0 atom stereocenters. The van der Waals surface area contributed by atoms with Gasteiger partial charge in [0.15, 0.2) is 0 Å². The van der Waals surface area contributed by atoms with Crippen LogP contribution in [0.1, 0.15) is 19.4 Å². The summed E-state index contributed by atoms with van der Waals surface area (Å²) < 4.78 is 26.4. The van der Waals surface area contributed by atoms with E-state index in [0.29, 0.717) is 5.92 Å². The lowest BCUT2D eigenvalue weighted by Gasteiger charge is -2.18. The molecule has 0 heterocycles. The van der Waals surface area contributed by atoms with Crippen molar-refractivity contribution >= 4 is 44.8 Å². The number of rotatable bonds is 7. The minimum absolute atomic E-state index is 0.140. The molecule has 0 aliphatic heterocycles. The number of sulfonamides is 1. The first-order chi connectivity index (χ1) is 12.6. The topological polar surface area (TPSA) is 66.5 Å². The van der Waals surface area contributed by atoms with Crippen molar-refractivity contribution in [3.05, 3.63) is 58.1 Å². The zero-order valence-corrected chi connectivity index (χ0v) is 17.7. The maximum atomic E-state index is 12.7. The third-order valence-corrected chi connectivity index (χ3v) is 6.32. The Hall–Kier alpha value is -1.60. The molecular weight excluding hydrogens is 407 g/mol. The van der Waals surface area contributed by atoms with Gasteiger partial charge in [-0.25, -0.2) is 8.42 Å². The van der Waals surface area contributed by atoms with E-state index in [1.54, 1.807) is 42.5 Å². The van der Waals surface area contributed by atoms with Gasteiger partial charge in [0.25, 0.3) is 0 Å². The smallest absolute Gasteiger partial charge is 0.243 e. The van der Waals surface area contributed by atoms with Crippen LogP contribution in [0.2, 0.25) is 10.0 Å². The predicted molar refractivity (Wildman–Crippen MR) is 110 cm³/mol. The minimum atomic E-state index is -3.79. The highest BCUT2D eigenvalue weighted by Crippen LogP contribution is 2.29. The predicted octanol–water partition coefficient (Wildman–Crippen LogP) is 4.45. The van der Waals surface area contributed by atoms with E-state index in [-0.39, 0.29) is 27.2 Å². The molecule has 0 saturated heterocycles. The fourth-order valence-corrected chi connectivity index (χ4v) is 4.15. The summed E-state index contributed by atoms with van der Waals surface area (Å²) in [4.78, 5) is 12.4. The van der Waals surface area contributed by atoms with Crippen molar-refractivity contribution in [2.45, 2.75) is 25.2 Å². The van der Waals surface area contributed by atoms with Crippen LogP contribution in [0, 0.1) is 5.92 Å². The number of carbonyl (C=O) groups is 1. The van der Waals surface area contributed by atoms with Crippen molar-refractivity contribution in [1.82, 2.24) is 4.31 Å². The summed E-state index contributed by atoms with van der Waals surface area (Å²) in [5.74, 6) is -0.0528. The van der Waals surface area contributed by atoms with Crippen molar-refractivity contribution in [3.8, 4) is 0 Å². The standard InChI is InChI=1S/C19H22Cl2N2O3S/c1-13(2)11-14-7-9-15(10-8-14)27(25,26)23(3)12-18(24)22-19-16(20)5-4-6-17(19)21/h4-10,13H,11-12H2,1-3H3,(H,22,24). The van der Waals surface area contributed by atoms with Gasteiger partial charge >= 0.3 is 0 Å². The second-order valence-corrected chi connectivity index (χ2v) is 9.51. The largest absolute Gasteiger partial charge is 0.322 e. The van der Waals surface area contributed by atoms with Gasteiger partial charge in [0, 0.05) is 7.05 Å². The quantitative estimate of drug-likeness (QED) is 0.707. The molecule has 2 aromatic carbocycles. The van der Waals surface area contributed by atoms with Crippen LogP contribution in [-0.4, -0.2) is 32.2 Å². The average molecular weight is 429 g/mol. The normalized spacial score (nSPS) is 11.8. The molecular formula is C19H22Cl2N2O3S. The molecule has 5 nitrogen and oxygen atoms in total. The number of likely N-dealkylation sites (N-methyl/N-ethyl adjacent to an activating group) is 1. The Balaban J connectivity index is 2.09. The Morgan fingerprint density at radius 3 is 2.15 bits per heavy atom. The lowest BCUT2D eigenvalue weighted by molar-refractivity contribution is -0.116. The lowest BCUT2D eigenvalue weighted by atomic mass is 10.0. The van der Waals surface area contributed by atoms with Gasteiger partial charge in [-0.05, 0) is 42.2 Å². The van der Waals surface area contributed by atoms with Gasteiger partial charge in [-0.3, -0.25) is 4.79 Å². The molecule has 27 heavy (non-hydrogen) atoms. The highest BCUT2D eigenvalue weighted by Gasteiger charge is 2.23. The SMILES string of the molecule is CC(C)Cc1ccc(S(=O)(=O)N(C)CC(=O)Nc2c(Cl)cccc2Cl)cc1. The number of amides is 1. The van der Waals surface area contributed by atoms with E-state index >= 15 is 0 Å². The Kier molecular flexibility index (Phi) is 7.28. The van der Waals surface area contributed by atoms with Gasteiger partial charge in [-0.15, -0.1) is 0 Å². The number of nitrogens with one attached hydrogen (secondary N) is 1. The fourth-order valence-electron chi connectivity index (χ4n) is 2.53. The van der Waals surface area contributed by atoms with Crippen molar-refractivity contribution in [2.75, 3.05) is 18.9 Å². The minimum Gasteiger partial charge on any atom is -0.322 e. The molecule has 146 valence electrons. The summed E-state index contributed by atoms with van der Waals surface area (Å²) in [6.45, 7) is 3.84. The Morgan fingerprint density at radius 2 is 1.63 bits per heavy atom. The van der Waals surface area contributed by atoms with Crippen LogP contribution in [0.5, 0.6) is 0 Å². The van der Waals surface area contributed by atoms with Crippen LogP contribution >= 0.6 is 23.2 Å². The summed E-state index contributed by atoms with van der Waals surface area (Å²) in [6.07, 6.45) is 0.872. The van der Waals surface area contributed by atoms with E-state index in [1.807, 2.05) is 0 Å². The summed E-state index contributed by atoms with van der Waals surface area (Å²) in [6, 6.07) is 11.5. The van der Waals surface area contributed by atoms with Gasteiger partial charge < -0.3 is 5.32 Å². The summed E-state index contributed by atoms with van der Waals surface area (Å²) in [5, 5.41) is 3.11. The van der Waals surface area contributed by atoms with Crippen LogP contribution in [0.25, 0.3) is 0 Å². The van der Waals surface area contributed by atoms with E-state index in [2.05, 4.69) is 19.2 Å². The molecule has 0 bridgehead atoms. The molecule has 0 aliphatic rings. The molecule has 0 saturated carbocycles. The first kappa shape index (κ1) is 21.7. The molecule has 0 fully saturated rings. The molecule has 2 aromatic rings. The fraction of sp³-hybridized carbons (Fsp3) is 0.316. The molecule has 0 spiro atoms. The average Bonchev–Trinajstić information content (AvgIpc) is 2.58. The maximum Gasteiger partial charge on any atom is 0.243 e. The van der Waals surface area contributed by atoms with E-state index in [4.69, 9.17) is 23.2 Å². The van der Waals surface area contributed by atoms with E-state index in [1.165, 1.54) is 7.05 Å².